The van der Waals surface area contributed by atoms with Crippen molar-refractivity contribution in [2.45, 2.75) is 91.6 Å². The Bertz CT molecular complexity index is 1680. The van der Waals surface area contributed by atoms with Crippen molar-refractivity contribution in [3.63, 3.8) is 0 Å². The molecule has 0 bridgehead atoms. The zero-order valence-electron chi connectivity index (χ0n) is 36.0. The van der Waals surface area contributed by atoms with Crippen LogP contribution in [0.25, 0.3) is 0 Å². The second kappa shape index (κ2) is 31.3. The normalized spacial score (nSPS) is 15.4. The molecule has 340 valence electrons. The van der Waals surface area contributed by atoms with Crippen LogP contribution >= 0.6 is 90.1 Å². The molecule has 2 aromatic carbocycles. The topological polar surface area (TPSA) is 190 Å². The van der Waals surface area contributed by atoms with E-state index in [0.29, 0.717) is 36.5 Å². The number of nitrogens with one attached hydrogen (secondary N) is 2. The molecule has 0 spiro atoms. The van der Waals surface area contributed by atoms with E-state index in [1.54, 1.807) is 9.80 Å². The second-order valence-corrected chi connectivity index (χ2v) is 17.4. The van der Waals surface area contributed by atoms with E-state index in [1.165, 1.54) is 23.5 Å². The summed E-state index contributed by atoms with van der Waals surface area (Å²) in [6, 6.07) is 14.7. The summed E-state index contributed by atoms with van der Waals surface area (Å²) >= 11 is 12.5. The van der Waals surface area contributed by atoms with Crippen molar-refractivity contribution in [2.24, 2.45) is 21.5 Å². The molecule has 5 unspecified atom stereocenters. The molecule has 2 heterocycles. The molecule has 6 N–H and O–H groups in total. The Labute approximate surface area is 391 Å². The van der Waals surface area contributed by atoms with Gasteiger partial charge in [0, 0.05) is 31.6 Å². The third kappa shape index (κ3) is 26.7. The van der Waals surface area contributed by atoms with Gasteiger partial charge in [-0.05, 0) is 126 Å². The largest absolute Gasteiger partial charge is 0.489 e. The van der Waals surface area contributed by atoms with Crippen LogP contribution in [-0.4, -0.2) is 104 Å². The van der Waals surface area contributed by atoms with Gasteiger partial charge in [-0.25, -0.2) is 9.59 Å². The molecule has 2 aliphatic heterocycles. The smallest absolute Gasteiger partial charge is 0.410 e. The molecule has 2 saturated heterocycles. The average Bonchev–Trinajstić information content (AvgIpc) is 3.76. The summed E-state index contributed by atoms with van der Waals surface area (Å²) in [6.07, 6.45) is 0.901. The number of ether oxygens (including phenoxy) is 4. The lowest BCUT2D eigenvalue weighted by atomic mass is 10.2. The minimum atomic E-state index is -0.497. The maximum atomic E-state index is 12.1. The quantitative estimate of drug-likeness (QED) is 0.0850. The van der Waals surface area contributed by atoms with Gasteiger partial charge in [0.2, 0.25) is 0 Å². The van der Waals surface area contributed by atoms with Gasteiger partial charge in [-0.1, -0.05) is 37.4 Å². The van der Waals surface area contributed by atoms with E-state index in [2.05, 4.69) is 32.7 Å². The molecular formula is C38H66ClN8O6P3S4. The first-order chi connectivity index (χ1) is 26.3. The molecule has 14 nitrogen and oxygen atoms in total. The number of nitrogens with two attached hydrogens (primary N) is 2. The first kappa shape index (κ1) is 61.8. The van der Waals surface area contributed by atoms with Gasteiger partial charge in [0.25, 0.3) is 0 Å². The summed E-state index contributed by atoms with van der Waals surface area (Å²) in [6.45, 7) is 17.4. The first-order valence-electron chi connectivity index (χ1n) is 18.1. The molecule has 0 saturated carbocycles. The number of nitrogens with zero attached hydrogens (tertiary/aromatic N) is 4. The number of likely N-dealkylation sites (tertiary alicyclic amines) is 2. The van der Waals surface area contributed by atoms with Gasteiger partial charge in [0.05, 0.1) is 23.9 Å². The number of aliphatic imine (C=N–C) groups is 2. The van der Waals surface area contributed by atoms with Crippen LogP contribution in [0.3, 0.4) is 0 Å². The Hall–Kier alpha value is -2.51. The predicted octanol–water partition coefficient (Wildman–Crippen LogP) is 8.88. The minimum absolute atomic E-state index is 0. The molecule has 2 amide bonds. The van der Waals surface area contributed by atoms with Crippen molar-refractivity contribution < 1.29 is 28.5 Å². The lowest BCUT2D eigenvalue weighted by Gasteiger charge is -2.24. The maximum Gasteiger partial charge on any atom is 0.410 e. The van der Waals surface area contributed by atoms with Crippen LogP contribution in [0.2, 0.25) is 0 Å². The summed E-state index contributed by atoms with van der Waals surface area (Å²) in [4.78, 5) is 35.5. The Balaban J connectivity index is -0.000000914. The molecule has 0 aliphatic carbocycles. The summed E-state index contributed by atoms with van der Waals surface area (Å²) in [5.74, 6) is 3.22. The van der Waals surface area contributed by atoms with E-state index in [-0.39, 0.29) is 71.7 Å². The zero-order valence-corrected chi connectivity index (χ0v) is 44.3. The lowest BCUT2D eigenvalue weighted by Crippen LogP contribution is -2.36. The molecule has 0 aromatic heterocycles. The highest BCUT2D eigenvalue weighted by Gasteiger charge is 2.32. The van der Waals surface area contributed by atoms with Crippen molar-refractivity contribution in [3.05, 3.63) is 48.5 Å². The van der Waals surface area contributed by atoms with Crippen LogP contribution < -0.4 is 26.3 Å². The van der Waals surface area contributed by atoms with Crippen molar-refractivity contribution in [2.75, 3.05) is 43.0 Å². The lowest BCUT2D eigenvalue weighted by molar-refractivity contribution is 0.0266. The van der Waals surface area contributed by atoms with E-state index in [0.717, 1.165) is 47.2 Å². The van der Waals surface area contributed by atoms with Gasteiger partial charge in [0.1, 0.15) is 34.9 Å². The van der Waals surface area contributed by atoms with Crippen molar-refractivity contribution >= 4 is 134 Å². The van der Waals surface area contributed by atoms with Crippen LogP contribution in [0.4, 0.5) is 21.0 Å². The van der Waals surface area contributed by atoms with Crippen molar-refractivity contribution in [3.8, 4) is 11.5 Å². The number of thiocarbonyl (C=S) groups is 2. The number of rotatable bonds is 8. The summed E-state index contributed by atoms with van der Waals surface area (Å²) < 4.78 is 22.6. The van der Waals surface area contributed by atoms with Crippen LogP contribution in [0.5, 0.6) is 11.5 Å². The fourth-order valence-electron chi connectivity index (χ4n) is 4.87. The van der Waals surface area contributed by atoms with Crippen LogP contribution in [0.15, 0.2) is 58.5 Å². The third-order valence-corrected chi connectivity index (χ3v) is 8.68. The Morgan fingerprint density at radius 1 is 0.817 bits per heavy atom. The van der Waals surface area contributed by atoms with Crippen LogP contribution in [0, 0.1) is 5.41 Å². The maximum absolute atomic E-state index is 12.1. The first-order valence-corrected chi connectivity index (χ1v) is 20.9. The molecular weight excluding hydrogens is 921 g/mol. The second-order valence-electron chi connectivity index (χ2n) is 14.2. The van der Waals surface area contributed by atoms with Crippen LogP contribution in [-0.2, 0) is 9.47 Å². The number of carbonyl (C=O) groups excluding carboxylic acids is 2. The molecule has 60 heavy (non-hydrogen) atoms. The molecule has 2 aromatic rings. The predicted molar refractivity (Wildman–Crippen MR) is 278 cm³/mol. The Kier molecular flexibility index (Phi) is 32.3. The highest BCUT2D eigenvalue weighted by molar-refractivity contribution is 8.14. The van der Waals surface area contributed by atoms with E-state index in [4.69, 9.17) is 48.0 Å². The molecule has 22 heteroatoms. The third-order valence-electron chi connectivity index (χ3n) is 7.12. The monoisotopic (exact) mass is 986 g/mol. The number of amides is 2. The molecule has 0 radical (unpaired) electrons. The number of anilines is 1. The Morgan fingerprint density at radius 2 is 1.23 bits per heavy atom. The van der Waals surface area contributed by atoms with E-state index in [1.807, 2.05) is 104 Å². The fourth-order valence-corrected chi connectivity index (χ4v) is 6.02. The van der Waals surface area contributed by atoms with E-state index in [9.17, 15) is 9.59 Å². The van der Waals surface area contributed by atoms with Gasteiger partial charge < -0.3 is 45.5 Å². The van der Waals surface area contributed by atoms with Crippen molar-refractivity contribution in [1.82, 2.24) is 9.80 Å². The number of hydrogen-bond donors (Lipinski definition) is 4. The number of hydrogen-bond acceptors (Lipinski definition) is 12. The van der Waals surface area contributed by atoms with E-state index >= 15 is 0 Å². The average molecular weight is 988 g/mol. The van der Waals surface area contributed by atoms with Gasteiger partial charge >= 0.3 is 12.2 Å². The molecule has 4 rings (SSSR count). The van der Waals surface area contributed by atoms with Gasteiger partial charge in [-0.2, -0.15) is 39.7 Å². The van der Waals surface area contributed by atoms with E-state index < -0.39 is 11.2 Å². The molecule has 5 atom stereocenters. The number of halogens is 1. The number of benzene rings is 2. The molecule has 2 fully saturated rings. The summed E-state index contributed by atoms with van der Waals surface area (Å²) in [5.41, 5.74) is 11.3. The summed E-state index contributed by atoms with van der Waals surface area (Å²) in [7, 11) is 0. The number of carbonyl (C=O) groups is 2. The Morgan fingerprint density at radius 3 is 1.58 bits per heavy atom. The minimum Gasteiger partial charge on any atom is -0.489 e. The fraction of sp³-hybridized carbons (Fsp3) is 0.526. The number of isothiocyanates is 1. The number of thioether (sulfide) groups is 2. The highest BCUT2D eigenvalue weighted by Crippen LogP contribution is 2.24. The molecule has 2 aliphatic rings. The standard InChI is InChI=1S/C19H28N4O3S2.C16H20N2O3S.C3H8N2S.ClH.3H3P/c1-5-28-16(20)22-17(27)21-13-6-8-14(9-7-13)25-15-10-11-23(12-15)18(24)26-19(2,3)4;1-16(2,3)21-15(19)18-9-8-14(10-18)20-13-6-4-12(5-7-13)17-11-22;1-2-6-3(4)5;;;;/h6-9,15H,5,10-12H2,1-4H3,(H3,20,21,22,27);4-7,14H,8-10H2,1-3H3;2H2,1H3,(H3,4,5);1H;3*1H3. The van der Waals surface area contributed by atoms with Gasteiger partial charge in [-0.3, -0.25) is 5.41 Å². The van der Waals surface area contributed by atoms with Gasteiger partial charge in [-0.15, -0.1) is 12.4 Å². The van der Waals surface area contributed by atoms with Gasteiger partial charge in [0.15, 0.2) is 15.4 Å². The van der Waals surface area contributed by atoms with Crippen LogP contribution in [0.1, 0.15) is 68.2 Å². The summed E-state index contributed by atoms with van der Waals surface area (Å²) in [5, 5.41) is 12.9. The number of amidine groups is 2. The zero-order chi connectivity index (χ0) is 41.9. The highest BCUT2D eigenvalue weighted by atomic mass is 35.5. The SMILES string of the molecule is CC(C)(C)OC(=O)N1CCC(Oc2ccc(N=C=S)cc2)C1.CCSC(=N)N.CCSC(N)=NC(=S)Nc1ccc(OC2CCN(C(=O)OC(C)(C)C)C2)cc1.Cl.P.P.P. The van der Waals surface area contributed by atoms with Crippen molar-refractivity contribution in [1.29, 1.82) is 5.41 Å².